The summed E-state index contributed by atoms with van der Waals surface area (Å²) in [4.78, 5) is 26.9. The van der Waals surface area contributed by atoms with Crippen LogP contribution in [0.2, 0.25) is 0 Å². The molecule has 1 aliphatic heterocycles. The second-order valence-electron chi connectivity index (χ2n) is 5.60. The lowest BCUT2D eigenvalue weighted by Crippen LogP contribution is -2.33. The van der Waals surface area contributed by atoms with Crippen molar-refractivity contribution >= 4 is 23.2 Å². The van der Waals surface area contributed by atoms with Gasteiger partial charge < -0.3 is 4.74 Å². The number of hydrogen-bond acceptors (Lipinski definition) is 4. The molecule has 116 valence electrons. The van der Waals surface area contributed by atoms with Crippen LogP contribution < -0.4 is 0 Å². The summed E-state index contributed by atoms with van der Waals surface area (Å²) in [5.74, 6) is -0.661. The van der Waals surface area contributed by atoms with Gasteiger partial charge in [-0.15, -0.1) is 0 Å². The number of hydrogen-bond donors (Lipinski definition) is 0. The van der Waals surface area contributed by atoms with E-state index in [0.29, 0.717) is 17.7 Å². The molecular weight excluding hydrogens is 302 g/mol. The first-order valence-corrected chi connectivity index (χ1v) is 7.99. The van der Waals surface area contributed by atoms with Crippen LogP contribution in [0, 0.1) is 0 Å². The second kappa shape index (κ2) is 6.63. The normalized spacial score (nSPS) is 19.3. The Kier molecular flexibility index (Phi) is 4.60. The van der Waals surface area contributed by atoms with Crippen molar-refractivity contribution in [2.45, 2.75) is 19.3 Å². The van der Waals surface area contributed by atoms with E-state index in [1.165, 1.54) is 19.3 Å². The largest absolute Gasteiger partial charge is 0.487 e. The van der Waals surface area contributed by atoms with Crippen LogP contribution in [-0.2, 0) is 4.74 Å². The van der Waals surface area contributed by atoms with Crippen LogP contribution in [0.1, 0.15) is 40.0 Å². The second-order valence-corrected chi connectivity index (χ2v) is 5.98. The van der Waals surface area contributed by atoms with Gasteiger partial charge >= 0.3 is 0 Å². The molecule has 22 heavy (non-hydrogen) atoms. The summed E-state index contributed by atoms with van der Waals surface area (Å²) in [7, 11) is 0. The van der Waals surface area contributed by atoms with Gasteiger partial charge in [0.1, 0.15) is 11.6 Å². The van der Waals surface area contributed by atoms with E-state index in [-0.39, 0.29) is 22.4 Å². The number of benzene rings is 1. The molecule has 2 aliphatic rings. The van der Waals surface area contributed by atoms with Crippen LogP contribution >= 0.6 is 11.6 Å². The average Bonchev–Trinajstić information content (AvgIpc) is 2.57. The minimum absolute atomic E-state index is 0.0117. The number of rotatable bonds is 4. The minimum Gasteiger partial charge on any atom is -0.487 e. The molecule has 0 atom stereocenters. The molecule has 1 aromatic carbocycles. The monoisotopic (exact) mass is 319 g/mol. The van der Waals surface area contributed by atoms with Gasteiger partial charge in [0.15, 0.2) is 5.76 Å². The first-order valence-electron chi connectivity index (χ1n) is 7.62. The van der Waals surface area contributed by atoms with E-state index in [0.717, 1.165) is 19.6 Å². The molecule has 0 radical (unpaired) electrons. The third kappa shape index (κ3) is 2.94. The van der Waals surface area contributed by atoms with Gasteiger partial charge in [-0.05, 0) is 25.9 Å². The first-order chi connectivity index (χ1) is 10.7. The summed E-state index contributed by atoms with van der Waals surface area (Å²) in [6, 6.07) is 6.69. The van der Waals surface area contributed by atoms with E-state index in [2.05, 4.69) is 4.90 Å². The summed E-state index contributed by atoms with van der Waals surface area (Å²) in [5, 5.41) is -0.109. The zero-order chi connectivity index (χ0) is 15.5. The first kappa shape index (κ1) is 15.3. The Morgan fingerprint density at radius 2 is 1.64 bits per heavy atom. The molecule has 1 fully saturated rings. The lowest BCUT2D eigenvalue weighted by Gasteiger charge is -2.26. The van der Waals surface area contributed by atoms with E-state index in [9.17, 15) is 9.59 Å². The van der Waals surface area contributed by atoms with Crippen LogP contribution in [0.4, 0.5) is 0 Å². The highest BCUT2D eigenvalue weighted by Crippen LogP contribution is 2.29. The molecule has 4 nitrogen and oxygen atoms in total. The molecule has 0 unspecified atom stereocenters. The maximum absolute atomic E-state index is 12.4. The zero-order valence-electron chi connectivity index (χ0n) is 12.3. The van der Waals surface area contributed by atoms with Crippen molar-refractivity contribution in [3.8, 4) is 0 Å². The molecule has 0 spiro atoms. The summed E-state index contributed by atoms with van der Waals surface area (Å²) >= 11 is 6.05. The fraction of sp³-hybridized carbons (Fsp3) is 0.412. The number of carbonyl (C=O) groups is 2. The zero-order valence-corrected chi connectivity index (χ0v) is 13.1. The van der Waals surface area contributed by atoms with Gasteiger partial charge in [-0.2, -0.15) is 0 Å². The Labute approximate surface area is 134 Å². The molecule has 0 aromatic heterocycles. The molecule has 0 amide bonds. The third-order valence-electron chi connectivity index (χ3n) is 4.12. The average molecular weight is 320 g/mol. The lowest BCUT2D eigenvalue weighted by molar-refractivity contribution is 0.0842. The fourth-order valence-electron chi connectivity index (χ4n) is 2.91. The van der Waals surface area contributed by atoms with Gasteiger partial charge in [0.2, 0.25) is 11.6 Å². The predicted molar refractivity (Wildman–Crippen MR) is 84.2 cm³/mol. The van der Waals surface area contributed by atoms with E-state index in [1.807, 2.05) is 0 Å². The smallest absolute Gasteiger partial charge is 0.230 e. The third-order valence-corrected chi connectivity index (χ3v) is 4.47. The Bertz CT molecular complexity index is 633. The number of ketones is 2. The van der Waals surface area contributed by atoms with Gasteiger partial charge in [-0.1, -0.05) is 42.3 Å². The SMILES string of the molecule is O=C1C(Cl)=C(OCCN2CCCCC2)C(=O)c2ccccc21. The van der Waals surface area contributed by atoms with E-state index >= 15 is 0 Å². The number of likely N-dealkylation sites (tertiary alicyclic amines) is 1. The van der Waals surface area contributed by atoms with Crippen molar-refractivity contribution in [2.75, 3.05) is 26.2 Å². The molecule has 1 saturated heterocycles. The summed E-state index contributed by atoms with van der Waals surface area (Å²) in [6.07, 6.45) is 3.68. The maximum Gasteiger partial charge on any atom is 0.230 e. The topological polar surface area (TPSA) is 46.6 Å². The van der Waals surface area contributed by atoms with Gasteiger partial charge in [0.25, 0.3) is 0 Å². The quantitative estimate of drug-likeness (QED) is 0.856. The van der Waals surface area contributed by atoms with Crippen LogP contribution in [0.15, 0.2) is 35.1 Å². The van der Waals surface area contributed by atoms with Crippen LogP contribution in [0.25, 0.3) is 0 Å². The van der Waals surface area contributed by atoms with E-state index in [4.69, 9.17) is 16.3 Å². The standard InChI is InChI=1S/C17H18ClNO3/c18-14-15(20)12-6-2-3-7-13(12)16(21)17(14)22-11-10-19-8-4-1-5-9-19/h2-3,6-7H,1,4-5,8-11H2. The number of halogens is 1. The number of ether oxygens (including phenoxy) is 1. The number of Topliss-reactive ketones (excluding diaryl/α,β-unsaturated/α-hetero) is 2. The maximum atomic E-state index is 12.4. The van der Waals surface area contributed by atoms with Crippen LogP contribution in [-0.4, -0.2) is 42.7 Å². The molecule has 3 rings (SSSR count). The van der Waals surface area contributed by atoms with Crippen molar-refractivity contribution in [3.05, 3.63) is 46.2 Å². The summed E-state index contributed by atoms with van der Waals surface area (Å²) in [6.45, 7) is 3.24. The number of carbonyl (C=O) groups excluding carboxylic acids is 2. The van der Waals surface area contributed by atoms with Gasteiger partial charge in [-0.25, -0.2) is 0 Å². The van der Waals surface area contributed by atoms with E-state index in [1.54, 1.807) is 24.3 Å². The summed E-state index contributed by atoms with van der Waals surface area (Å²) < 4.78 is 5.57. The van der Waals surface area contributed by atoms with Gasteiger partial charge in [-0.3, -0.25) is 14.5 Å². The van der Waals surface area contributed by atoms with Crippen LogP contribution in [0.3, 0.4) is 0 Å². The number of piperidine rings is 1. The van der Waals surface area contributed by atoms with Crippen molar-refractivity contribution in [2.24, 2.45) is 0 Å². The molecule has 1 aliphatic carbocycles. The number of allylic oxidation sites excluding steroid dienone is 2. The lowest BCUT2D eigenvalue weighted by atomic mass is 9.93. The number of fused-ring (bicyclic) bond motifs is 1. The molecule has 0 bridgehead atoms. The molecule has 0 saturated carbocycles. The van der Waals surface area contributed by atoms with Crippen molar-refractivity contribution in [1.82, 2.24) is 4.90 Å². The Hall–Kier alpha value is -1.65. The summed E-state index contributed by atoms with van der Waals surface area (Å²) in [5.41, 5.74) is 0.714. The highest BCUT2D eigenvalue weighted by molar-refractivity contribution is 6.49. The van der Waals surface area contributed by atoms with Crippen molar-refractivity contribution in [1.29, 1.82) is 0 Å². The van der Waals surface area contributed by atoms with Gasteiger partial charge in [0, 0.05) is 17.7 Å². The highest BCUT2D eigenvalue weighted by atomic mass is 35.5. The highest BCUT2D eigenvalue weighted by Gasteiger charge is 2.32. The molecule has 0 N–H and O–H groups in total. The Morgan fingerprint density at radius 1 is 1.00 bits per heavy atom. The van der Waals surface area contributed by atoms with Crippen molar-refractivity contribution < 1.29 is 14.3 Å². The van der Waals surface area contributed by atoms with Crippen molar-refractivity contribution in [3.63, 3.8) is 0 Å². The Morgan fingerprint density at radius 3 is 2.32 bits per heavy atom. The molecule has 1 aromatic rings. The fourth-order valence-corrected chi connectivity index (χ4v) is 3.15. The van der Waals surface area contributed by atoms with Gasteiger partial charge in [0.05, 0.1) is 0 Å². The molecule has 1 heterocycles. The minimum atomic E-state index is -0.343. The van der Waals surface area contributed by atoms with Crippen LogP contribution in [0.5, 0.6) is 0 Å². The predicted octanol–water partition coefficient (Wildman–Crippen LogP) is 3.02. The van der Waals surface area contributed by atoms with E-state index < -0.39 is 0 Å². The number of nitrogens with zero attached hydrogens (tertiary/aromatic N) is 1. The molecule has 5 heteroatoms. The Balaban J connectivity index is 1.69. The molecular formula is C17H18ClNO3.